The lowest BCUT2D eigenvalue weighted by Crippen LogP contribution is -2.32. The minimum absolute atomic E-state index is 0.0781. The molecular formula is C17H11Cl2F3N2O2S. The van der Waals surface area contributed by atoms with Gasteiger partial charge in [-0.1, -0.05) is 29.3 Å². The number of alkyl halides is 3. The molecule has 0 saturated heterocycles. The predicted molar refractivity (Wildman–Crippen MR) is 99.4 cm³/mol. The van der Waals surface area contributed by atoms with Crippen LogP contribution in [0.15, 0.2) is 41.3 Å². The van der Waals surface area contributed by atoms with E-state index >= 15 is 0 Å². The molecule has 2 aromatic carbocycles. The summed E-state index contributed by atoms with van der Waals surface area (Å²) in [5.74, 6) is -1.01. The first-order valence-electron chi connectivity index (χ1n) is 7.58. The van der Waals surface area contributed by atoms with Crippen molar-refractivity contribution in [2.24, 2.45) is 0 Å². The topological polar surface area (TPSA) is 58.2 Å². The van der Waals surface area contributed by atoms with E-state index in [-0.39, 0.29) is 22.2 Å². The lowest BCUT2D eigenvalue weighted by atomic mass is 10.1. The van der Waals surface area contributed by atoms with Crippen molar-refractivity contribution in [3.8, 4) is 0 Å². The van der Waals surface area contributed by atoms with Crippen molar-refractivity contribution in [1.82, 2.24) is 0 Å². The van der Waals surface area contributed by atoms with Gasteiger partial charge in [0.05, 0.1) is 32.2 Å². The van der Waals surface area contributed by atoms with Crippen LogP contribution in [0.25, 0.3) is 0 Å². The van der Waals surface area contributed by atoms with Gasteiger partial charge in [-0.15, -0.1) is 11.8 Å². The second kappa shape index (κ2) is 7.61. The summed E-state index contributed by atoms with van der Waals surface area (Å²) < 4.78 is 38.3. The standard InChI is InChI=1S/C17H11Cl2F3N2O2S/c18-9-2-1-3-10(15(9)19)23-14(25)7-13-16(26)24-11-6-8(17(20,21)22)4-5-12(11)27-13/h1-6,13H,7H2,(H,23,25)(H,24,26)/t13-/m1/s1. The maximum absolute atomic E-state index is 12.8. The summed E-state index contributed by atoms with van der Waals surface area (Å²) in [4.78, 5) is 24.9. The molecule has 2 N–H and O–H groups in total. The lowest BCUT2D eigenvalue weighted by Gasteiger charge is -2.24. The average molecular weight is 435 g/mol. The smallest absolute Gasteiger partial charge is 0.325 e. The lowest BCUT2D eigenvalue weighted by molar-refractivity contribution is -0.137. The van der Waals surface area contributed by atoms with Crippen LogP contribution in [0.1, 0.15) is 12.0 Å². The Morgan fingerprint density at radius 2 is 1.96 bits per heavy atom. The third-order valence-electron chi connectivity index (χ3n) is 3.72. The maximum Gasteiger partial charge on any atom is 0.416 e. The predicted octanol–water partition coefficient (Wildman–Crippen LogP) is 5.45. The Kier molecular flexibility index (Phi) is 5.60. The number of rotatable bonds is 3. The number of carbonyl (C=O) groups excluding carboxylic acids is 2. The van der Waals surface area contributed by atoms with Crippen LogP contribution in [-0.2, 0) is 15.8 Å². The summed E-state index contributed by atoms with van der Waals surface area (Å²) >= 11 is 12.9. The second-order valence-electron chi connectivity index (χ2n) is 5.66. The van der Waals surface area contributed by atoms with Gasteiger partial charge in [-0.05, 0) is 30.3 Å². The quantitative estimate of drug-likeness (QED) is 0.674. The van der Waals surface area contributed by atoms with Gasteiger partial charge in [0.1, 0.15) is 0 Å². The third kappa shape index (κ3) is 4.51. The molecule has 1 heterocycles. The van der Waals surface area contributed by atoms with Gasteiger partial charge in [0, 0.05) is 11.3 Å². The average Bonchev–Trinajstić information content (AvgIpc) is 2.58. The van der Waals surface area contributed by atoms with Crippen LogP contribution in [0.4, 0.5) is 24.5 Å². The molecule has 0 radical (unpaired) electrons. The minimum atomic E-state index is -4.50. The van der Waals surface area contributed by atoms with E-state index in [9.17, 15) is 22.8 Å². The SMILES string of the molecule is O=C(C[C@H]1Sc2ccc(C(F)(F)F)cc2NC1=O)Nc1cccc(Cl)c1Cl. The summed E-state index contributed by atoms with van der Waals surface area (Å²) in [7, 11) is 0. The highest BCUT2D eigenvalue weighted by Crippen LogP contribution is 2.40. The molecule has 4 nitrogen and oxygen atoms in total. The minimum Gasteiger partial charge on any atom is -0.325 e. The molecule has 0 fully saturated rings. The highest BCUT2D eigenvalue weighted by Gasteiger charge is 2.34. The second-order valence-corrected chi connectivity index (χ2v) is 7.69. The van der Waals surface area contributed by atoms with Crippen LogP contribution in [-0.4, -0.2) is 17.1 Å². The molecule has 0 spiro atoms. The van der Waals surface area contributed by atoms with Crippen molar-refractivity contribution in [2.45, 2.75) is 22.7 Å². The molecule has 0 saturated carbocycles. The molecule has 3 rings (SSSR count). The molecule has 0 bridgehead atoms. The number of carbonyl (C=O) groups is 2. The van der Waals surface area contributed by atoms with Gasteiger partial charge >= 0.3 is 6.18 Å². The molecular weight excluding hydrogens is 424 g/mol. The van der Waals surface area contributed by atoms with Crippen LogP contribution < -0.4 is 10.6 Å². The fourth-order valence-corrected chi connectivity index (χ4v) is 3.87. The van der Waals surface area contributed by atoms with Crippen LogP contribution in [0.5, 0.6) is 0 Å². The number of amides is 2. The van der Waals surface area contributed by atoms with E-state index in [2.05, 4.69) is 10.6 Å². The zero-order valence-corrected chi connectivity index (χ0v) is 15.7. The highest BCUT2D eigenvalue weighted by molar-refractivity contribution is 8.01. The van der Waals surface area contributed by atoms with Gasteiger partial charge in [0.25, 0.3) is 0 Å². The van der Waals surface area contributed by atoms with Crippen molar-refractivity contribution in [1.29, 1.82) is 0 Å². The number of thioether (sulfide) groups is 1. The van der Waals surface area contributed by atoms with E-state index in [0.717, 1.165) is 23.9 Å². The third-order valence-corrected chi connectivity index (χ3v) is 5.82. The normalized spacial score (nSPS) is 16.5. The first-order chi connectivity index (χ1) is 12.6. The maximum atomic E-state index is 12.8. The molecule has 2 amide bonds. The Hall–Kier alpha value is -1.90. The summed E-state index contributed by atoms with van der Waals surface area (Å²) in [5.41, 5.74) is -0.464. The first kappa shape index (κ1) is 19.9. The molecule has 27 heavy (non-hydrogen) atoms. The summed E-state index contributed by atoms with van der Waals surface area (Å²) in [5, 5.41) is 4.67. The number of hydrogen-bond donors (Lipinski definition) is 2. The van der Waals surface area contributed by atoms with Gasteiger partial charge in [-0.2, -0.15) is 13.2 Å². The number of fused-ring (bicyclic) bond motifs is 1. The largest absolute Gasteiger partial charge is 0.416 e. The van der Waals surface area contributed by atoms with Crippen molar-refractivity contribution in [3.63, 3.8) is 0 Å². The van der Waals surface area contributed by atoms with Gasteiger partial charge in [0.2, 0.25) is 11.8 Å². The van der Waals surface area contributed by atoms with Crippen molar-refractivity contribution < 1.29 is 22.8 Å². The molecule has 1 atom stereocenters. The molecule has 0 aliphatic carbocycles. The van der Waals surface area contributed by atoms with Crippen LogP contribution >= 0.6 is 35.0 Å². The Bertz CT molecular complexity index is 922. The van der Waals surface area contributed by atoms with Crippen LogP contribution in [0.3, 0.4) is 0 Å². The van der Waals surface area contributed by atoms with E-state index in [1.54, 1.807) is 18.2 Å². The zero-order valence-electron chi connectivity index (χ0n) is 13.4. The highest BCUT2D eigenvalue weighted by atomic mass is 35.5. The summed E-state index contributed by atoms with van der Waals surface area (Å²) in [6, 6.07) is 7.83. The van der Waals surface area contributed by atoms with Crippen molar-refractivity contribution in [2.75, 3.05) is 10.6 Å². The molecule has 1 aliphatic rings. The van der Waals surface area contributed by atoms with E-state index in [1.165, 1.54) is 6.07 Å². The number of nitrogens with one attached hydrogen (secondary N) is 2. The van der Waals surface area contributed by atoms with Gasteiger partial charge in [-0.3, -0.25) is 9.59 Å². The van der Waals surface area contributed by atoms with Gasteiger partial charge in [-0.25, -0.2) is 0 Å². The Balaban J connectivity index is 1.71. The van der Waals surface area contributed by atoms with Crippen molar-refractivity contribution >= 4 is 58.2 Å². The molecule has 2 aromatic rings. The van der Waals surface area contributed by atoms with Crippen LogP contribution in [0.2, 0.25) is 10.0 Å². The molecule has 0 unspecified atom stereocenters. The Labute approximate surface area is 166 Å². The fourth-order valence-electron chi connectivity index (χ4n) is 2.43. The van der Waals surface area contributed by atoms with Gasteiger partial charge in [0.15, 0.2) is 0 Å². The molecule has 142 valence electrons. The molecule has 1 aliphatic heterocycles. The fraction of sp³-hybridized carbons (Fsp3) is 0.176. The van der Waals surface area contributed by atoms with Gasteiger partial charge < -0.3 is 10.6 Å². The van der Waals surface area contributed by atoms with Crippen molar-refractivity contribution in [3.05, 3.63) is 52.0 Å². The molecule has 0 aromatic heterocycles. The molecule has 10 heteroatoms. The first-order valence-corrected chi connectivity index (χ1v) is 9.21. The van der Waals surface area contributed by atoms with E-state index in [1.807, 2.05) is 0 Å². The number of hydrogen-bond acceptors (Lipinski definition) is 3. The zero-order chi connectivity index (χ0) is 19.8. The van der Waals surface area contributed by atoms with E-state index in [4.69, 9.17) is 23.2 Å². The summed E-state index contributed by atoms with van der Waals surface area (Å²) in [6.45, 7) is 0. The Morgan fingerprint density at radius 1 is 1.22 bits per heavy atom. The monoisotopic (exact) mass is 434 g/mol. The summed E-state index contributed by atoms with van der Waals surface area (Å²) in [6.07, 6.45) is -4.68. The Morgan fingerprint density at radius 3 is 2.67 bits per heavy atom. The number of benzene rings is 2. The van der Waals surface area contributed by atoms with E-state index in [0.29, 0.717) is 10.6 Å². The number of halogens is 5. The number of anilines is 2. The van der Waals surface area contributed by atoms with Crippen LogP contribution in [0, 0.1) is 0 Å². The van der Waals surface area contributed by atoms with E-state index < -0.39 is 28.8 Å².